The molecule has 0 aliphatic heterocycles. The molecule has 0 radical (unpaired) electrons. The summed E-state index contributed by atoms with van der Waals surface area (Å²) >= 11 is 0. The van der Waals surface area contributed by atoms with Crippen LogP contribution in [0.4, 0.5) is 0 Å². The van der Waals surface area contributed by atoms with Gasteiger partial charge in [0.2, 0.25) is 0 Å². The predicted molar refractivity (Wildman–Crippen MR) is 63.5 cm³/mol. The maximum Gasteiger partial charge on any atom is 0.336 e. The Hall–Kier alpha value is -2.32. The van der Waals surface area contributed by atoms with Gasteiger partial charge in [-0.1, -0.05) is 11.8 Å². The van der Waals surface area contributed by atoms with Gasteiger partial charge in [-0.25, -0.2) is 9.59 Å². The Morgan fingerprint density at radius 2 is 1.78 bits per heavy atom. The van der Waals surface area contributed by atoms with Crippen LogP contribution in [0.25, 0.3) is 0 Å². The van der Waals surface area contributed by atoms with Crippen LogP contribution in [0.3, 0.4) is 0 Å². The Kier molecular flexibility index (Phi) is 3.74. The van der Waals surface area contributed by atoms with Crippen LogP contribution in [-0.4, -0.2) is 32.9 Å². The smallest absolute Gasteiger partial charge is 0.336 e. The first kappa shape index (κ1) is 13.7. The average molecular weight is 248 g/mol. The highest BCUT2D eigenvalue weighted by Crippen LogP contribution is 2.12. The molecule has 0 aliphatic carbocycles. The summed E-state index contributed by atoms with van der Waals surface area (Å²) in [6.07, 6.45) is 0. The Morgan fingerprint density at radius 3 is 2.22 bits per heavy atom. The van der Waals surface area contributed by atoms with Crippen molar-refractivity contribution in [1.29, 1.82) is 0 Å². The van der Waals surface area contributed by atoms with E-state index >= 15 is 0 Å². The monoisotopic (exact) mass is 248 g/mol. The van der Waals surface area contributed by atoms with Gasteiger partial charge in [-0.2, -0.15) is 0 Å². The van der Waals surface area contributed by atoms with Crippen molar-refractivity contribution >= 4 is 11.9 Å². The Balaban J connectivity index is 3.36. The molecule has 5 heteroatoms. The van der Waals surface area contributed by atoms with E-state index in [0.717, 1.165) is 0 Å². The van der Waals surface area contributed by atoms with Gasteiger partial charge in [-0.3, -0.25) is 0 Å². The van der Waals surface area contributed by atoms with Gasteiger partial charge in [-0.15, -0.1) is 0 Å². The first-order chi connectivity index (χ1) is 8.20. The zero-order chi connectivity index (χ0) is 13.9. The molecule has 0 spiro atoms. The van der Waals surface area contributed by atoms with Gasteiger partial charge in [0.25, 0.3) is 0 Å². The topological polar surface area (TPSA) is 94.8 Å². The molecule has 0 saturated heterocycles. The summed E-state index contributed by atoms with van der Waals surface area (Å²) in [5, 5.41) is 27.2. The van der Waals surface area contributed by atoms with Gasteiger partial charge in [0.1, 0.15) is 5.60 Å². The van der Waals surface area contributed by atoms with Crippen LogP contribution in [0.5, 0.6) is 0 Å². The quantitative estimate of drug-likeness (QED) is 0.684. The van der Waals surface area contributed by atoms with Gasteiger partial charge < -0.3 is 15.3 Å². The molecule has 1 rings (SSSR count). The molecule has 0 amide bonds. The van der Waals surface area contributed by atoms with E-state index < -0.39 is 17.5 Å². The second-order valence-electron chi connectivity index (χ2n) is 4.18. The lowest BCUT2D eigenvalue weighted by Crippen LogP contribution is -2.14. The molecular weight excluding hydrogens is 236 g/mol. The highest BCUT2D eigenvalue weighted by atomic mass is 16.4. The minimum atomic E-state index is -1.28. The normalized spacial score (nSPS) is 10.4. The average Bonchev–Trinajstić information content (AvgIpc) is 2.24. The lowest BCUT2D eigenvalue weighted by Gasteiger charge is -2.07. The molecular formula is C13H12O5. The number of hydrogen-bond donors (Lipinski definition) is 3. The molecule has 1 aromatic rings. The van der Waals surface area contributed by atoms with E-state index in [-0.39, 0.29) is 16.7 Å². The Labute approximate surface area is 104 Å². The minimum Gasteiger partial charge on any atom is -0.478 e. The number of hydrogen-bond acceptors (Lipinski definition) is 3. The van der Waals surface area contributed by atoms with Gasteiger partial charge in [0, 0.05) is 5.56 Å². The van der Waals surface area contributed by atoms with E-state index in [9.17, 15) is 14.7 Å². The van der Waals surface area contributed by atoms with Gasteiger partial charge in [-0.05, 0) is 32.0 Å². The van der Waals surface area contributed by atoms with Crippen LogP contribution in [0.1, 0.15) is 40.1 Å². The summed E-state index contributed by atoms with van der Waals surface area (Å²) in [4.78, 5) is 21.7. The molecule has 0 atom stereocenters. The summed E-state index contributed by atoms with van der Waals surface area (Å²) in [6, 6.07) is 3.55. The molecule has 0 unspecified atom stereocenters. The van der Waals surface area contributed by atoms with Crippen molar-refractivity contribution in [1.82, 2.24) is 0 Å². The second kappa shape index (κ2) is 4.90. The standard InChI is InChI=1S/C13H12O5/c1-13(2,18)6-5-8-7-9(11(14)15)3-4-10(8)12(16)17/h3-4,7,18H,1-2H3,(H,14,15)(H,16,17). The maximum absolute atomic E-state index is 10.9. The number of carboxylic acid groups (broad SMARTS) is 2. The minimum absolute atomic E-state index is 0.0555. The van der Waals surface area contributed by atoms with E-state index in [1.807, 2.05) is 0 Å². The molecule has 0 saturated carbocycles. The van der Waals surface area contributed by atoms with Gasteiger partial charge >= 0.3 is 11.9 Å². The number of aliphatic hydroxyl groups is 1. The zero-order valence-electron chi connectivity index (χ0n) is 9.89. The Bertz CT molecular complexity index is 555. The van der Waals surface area contributed by atoms with Crippen LogP contribution < -0.4 is 0 Å². The molecule has 18 heavy (non-hydrogen) atoms. The number of benzene rings is 1. The number of carbonyl (C=O) groups is 2. The summed E-state index contributed by atoms with van der Waals surface area (Å²) in [5.74, 6) is 2.56. The molecule has 0 heterocycles. The summed E-state index contributed by atoms with van der Waals surface area (Å²) < 4.78 is 0. The lowest BCUT2D eigenvalue weighted by atomic mass is 10.0. The fourth-order valence-electron chi connectivity index (χ4n) is 1.19. The maximum atomic E-state index is 10.9. The third-order valence-corrected chi connectivity index (χ3v) is 2.00. The zero-order valence-corrected chi connectivity index (χ0v) is 9.89. The third-order valence-electron chi connectivity index (χ3n) is 2.00. The summed E-state index contributed by atoms with van der Waals surface area (Å²) in [6.45, 7) is 2.89. The van der Waals surface area contributed by atoms with Crippen molar-refractivity contribution in [3.8, 4) is 11.8 Å². The molecule has 0 aliphatic rings. The lowest BCUT2D eigenvalue weighted by molar-refractivity contribution is 0.0681. The van der Waals surface area contributed by atoms with Crippen molar-refractivity contribution in [3.63, 3.8) is 0 Å². The van der Waals surface area contributed by atoms with Crippen molar-refractivity contribution in [2.75, 3.05) is 0 Å². The van der Waals surface area contributed by atoms with Crippen LogP contribution >= 0.6 is 0 Å². The van der Waals surface area contributed by atoms with Crippen LogP contribution in [0, 0.1) is 11.8 Å². The van der Waals surface area contributed by atoms with Crippen molar-refractivity contribution < 1.29 is 24.9 Å². The number of aromatic carboxylic acids is 2. The van der Waals surface area contributed by atoms with Crippen molar-refractivity contribution in [2.45, 2.75) is 19.4 Å². The third kappa shape index (κ3) is 3.61. The van der Waals surface area contributed by atoms with E-state index in [4.69, 9.17) is 10.2 Å². The first-order valence-electron chi connectivity index (χ1n) is 5.07. The van der Waals surface area contributed by atoms with Crippen molar-refractivity contribution in [3.05, 3.63) is 34.9 Å². The van der Waals surface area contributed by atoms with E-state index in [1.165, 1.54) is 32.0 Å². The van der Waals surface area contributed by atoms with Gasteiger partial charge in [0.05, 0.1) is 11.1 Å². The van der Waals surface area contributed by atoms with E-state index in [1.54, 1.807) is 0 Å². The second-order valence-corrected chi connectivity index (χ2v) is 4.18. The highest BCUT2D eigenvalue weighted by molar-refractivity contribution is 5.94. The molecule has 0 bridgehead atoms. The fourth-order valence-corrected chi connectivity index (χ4v) is 1.19. The van der Waals surface area contributed by atoms with Crippen LogP contribution in [0.2, 0.25) is 0 Å². The number of carboxylic acids is 2. The van der Waals surface area contributed by atoms with E-state index in [0.29, 0.717) is 0 Å². The summed E-state index contributed by atoms with van der Waals surface area (Å²) in [7, 11) is 0. The van der Waals surface area contributed by atoms with Gasteiger partial charge in [0.15, 0.2) is 0 Å². The van der Waals surface area contributed by atoms with Crippen molar-refractivity contribution in [2.24, 2.45) is 0 Å². The Morgan fingerprint density at radius 1 is 1.17 bits per heavy atom. The highest BCUT2D eigenvalue weighted by Gasteiger charge is 2.13. The van der Waals surface area contributed by atoms with Crippen LogP contribution in [-0.2, 0) is 0 Å². The first-order valence-corrected chi connectivity index (χ1v) is 5.07. The molecule has 94 valence electrons. The molecule has 0 aromatic heterocycles. The largest absolute Gasteiger partial charge is 0.478 e. The SMILES string of the molecule is CC(C)(O)C#Cc1cc(C(=O)O)ccc1C(=O)O. The molecule has 5 nitrogen and oxygen atoms in total. The van der Waals surface area contributed by atoms with E-state index in [2.05, 4.69) is 11.8 Å². The predicted octanol–water partition coefficient (Wildman–Crippen LogP) is 1.21. The van der Waals surface area contributed by atoms with Crippen LogP contribution in [0.15, 0.2) is 18.2 Å². The molecule has 1 aromatic carbocycles. The fraction of sp³-hybridized carbons (Fsp3) is 0.231. The number of rotatable bonds is 2. The molecule has 0 fully saturated rings. The summed E-state index contributed by atoms with van der Waals surface area (Å²) in [5.41, 5.74) is -1.38. The molecule has 3 N–H and O–H groups in total.